The highest BCUT2D eigenvalue weighted by Gasteiger charge is 2.12. The van der Waals surface area contributed by atoms with Gasteiger partial charge in [-0.05, 0) is 37.3 Å². The molecule has 0 radical (unpaired) electrons. The van der Waals surface area contributed by atoms with Crippen LogP contribution >= 0.6 is 11.6 Å². The van der Waals surface area contributed by atoms with E-state index < -0.39 is 10.0 Å². The third-order valence-corrected chi connectivity index (χ3v) is 5.58. The number of benzene rings is 3. The molecule has 1 N–H and O–H groups in total. The zero-order chi connectivity index (χ0) is 20.0. The summed E-state index contributed by atoms with van der Waals surface area (Å²) in [5, 5.41) is 4.50. The quantitative estimate of drug-likeness (QED) is 0.456. The number of nitrogens with one attached hydrogen (secondary N) is 1. The molecule has 3 aromatic rings. The number of ether oxygens (including phenoxy) is 1. The zero-order valence-corrected chi connectivity index (χ0v) is 16.7. The second-order valence-corrected chi connectivity index (χ2v) is 8.15. The van der Waals surface area contributed by atoms with Crippen LogP contribution in [0.15, 0.2) is 82.8 Å². The van der Waals surface area contributed by atoms with Gasteiger partial charge in [0.1, 0.15) is 12.4 Å². The van der Waals surface area contributed by atoms with Gasteiger partial charge in [-0.1, -0.05) is 59.6 Å². The smallest absolute Gasteiger partial charge is 0.276 e. The Morgan fingerprint density at radius 2 is 1.68 bits per heavy atom. The van der Waals surface area contributed by atoms with Crippen LogP contribution in [0.2, 0.25) is 5.02 Å². The minimum absolute atomic E-state index is 0.151. The van der Waals surface area contributed by atoms with Crippen LogP contribution in [0.4, 0.5) is 0 Å². The second kappa shape index (κ2) is 8.91. The molecule has 0 saturated heterocycles. The third-order valence-electron chi connectivity index (χ3n) is 3.97. The van der Waals surface area contributed by atoms with Gasteiger partial charge in [-0.3, -0.25) is 0 Å². The number of para-hydroxylation sites is 1. The summed E-state index contributed by atoms with van der Waals surface area (Å²) in [6.07, 6.45) is 1.41. The first-order chi connectivity index (χ1) is 13.5. The Morgan fingerprint density at radius 3 is 2.43 bits per heavy atom. The number of rotatable bonds is 7. The molecular weight excluding hydrogens is 396 g/mol. The van der Waals surface area contributed by atoms with Gasteiger partial charge in [0.15, 0.2) is 0 Å². The zero-order valence-electron chi connectivity index (χ0n) is 15.2. The highest BCUT2D eigenvalue weighted by molar-refractivity contribution is 7.89. The summed E-state index contributed by atoms with van der Waals surface area (Å²) in [7, 11) is -3.73. The lowest BCUT2D eigenvalue weighted by atomic mass is 10.2. The van der Waals surface area contributed by atoms with Gasteiger partial charge in [0.2, 0.25) is 0 Å². The van der Waals surface area contributed by atoms with Crippen molar-refractivity contribution in [1.29, 1.82) is 0 Å². The van der Waals surface area contributed by atoms with Crippen molar-refractivity contribution >= 4 is 27.8 Å². The van der Waals surface area contributed by atoms with Crippen molar-refractivity contribution in [3.63, 3.8) is 0 Å². The Balaban J connectivity index is 1.70. The Morgan fingerprint density at radius 1 is 1.00 bits per heavy atom. The molecule has 0 aromatic heterocycles. The molecule has 5 nitrogen and oxygen atoms in total. The predicted molar refractivity (Wildman–Crippen MR) is 111 cm³/mol. The summed E-state index contributed by atoms with van der Waals surface area (Å²) in [5.74, 6) is 0.570. The second-order valence-electron chi connectivity index (χ2n) is 6.08. The minimum Gasteiger partial charge on any atom is -0.488 e. The van der Waals surface area contributed by atoms with Crippen LogP contribution in [0.3, 0.4) is 0 Å². The predicted octanol–water partition coefficient (Wildman–Crippen LogP) is 4.54. The van der Waals surface area contributed by atoms with Crippen LogP contribution in [0, 0.1) is 6.92 Å². The maximum absolute atomic E-state index is 12.3. The molecule has 3 rings (SSSR count). The van der Waals surface area contributed by atoms with Crippen molar-refractivity contribution in [2.45, 2.75) is 18.4 Å². The molecule has 0 aliphatic heterocycles. The molecule has 0 fully saturated rings. The maximum atomic E-state index is 12.3. The monoisotopic (exact) mass is 414 g/mol. The van der Waals surface area contributed by atoms with Gasteiger partial charge in [0.25, 0.3) is 10.0 Å². The normalized spacial score (nSPS) is 11.5. The van der Waals surface area contributed by atoms with Crippen molar-refractivity contribution in [3.8, 4) is 5.75 Å². The number of nitrogens with zero attached hydrogens (tertiary/aromatic N) is 1. The molecule has 3 aromatic carbocycles. The lowest BCUT2D eigenvalue weighted by Crippen LogP contribution is -2.18. The Labute approximate surface area is 169 Å². The van der Waals surface area contributed by atoms with Crippen LogP contribution in [0.1, 0.15) is 16.7 Å². The van der Waals surface area contributed by atoms with Crippen molar-refractivity contribution in [2.75, 3.05) is 0 Å². The first-order valence-electron chi connectivity index (χ1n) is 8.52. The van der Waals surface area contributed by atoms with Crippen LogP contribution in [-0.2, 0) is 16.6 Å². The number of halogens is 1. The Kier molecular flexibility index (Phi) is 6.34. The fourth-order valence-electron chi connectivity index (χ4n) is 2.42. The lowest BCUT2D eigenvalue weighted by molar-refractivity contribution is 0.306. The molecule has 0 saturated carbocycles. The Bertz CT molecular complexity index is 1080. The molecule has 0 spiro atoms. The summed E-state index contributed by atoms with van der Waals surface area (Å²) in [6, 6.07) is 21.2. The molecule has 0 aliphatic carbocycles. The van der Waals surface area contributed by atoms with Crippen molar-refractivity contribution in [3.05, 3.63) is 94.5 Å². The molecule has 0 atom stereocenters. The van der Waals surface area contributed by atoms with Crippen LogP contribution in [-0.4, -0.2) is 14.6 Å². The van der Waals surface area contributed by atoms with Gasteiger partial charge in [0.05, 0.1) is 11.1 Å². The van der Waals surface area contributed by atoms with Crippen molar-refractivity contribution in [1.82, 2.24) is 4.83 Å². The molecule has 0 unspecified atom stereocenters. The molecule has 144 valence electrons. The highest BCUT2D eigenvalue weighted by atomic mass is 35.5. The molecule has 7 heteroatoms. The number of sulfonamides is 1. The molecular formula is C21H19ClN2O3S. The van der Waals surface area contributed by atoms with E-state index in [1.54, 1.807) is 30.3 Å². The summed E-state index contributed by atoms with van der Waals surface area (Å²) in [5.41, 5.74) is 2.48. The van der Waals surface area contributed by atoms with Crippen LogP contribution in [0.25, 0.3) is 0 Å². The lowest BCUT2D eigenvalue weighted by Gasteiger charge is -2.10. The average Bonchev–Trinajstić information content (AvgIpc) is 2.68. The van der Waals surface area contributed by atoms with Gasteiger partial charge in [-0.15, -0.1) is 0 Å². The largest absolute Gasteiger partial charge is 0.488 e. The van der Waals surface area contributed by atoms with Gasteiger partial charge < -0.3 is 4.74 Å². The number of hydrogen-bond donors (Lipinski definition) is 1. The van der Waals surface area contributed by atoms with Gasteiger partial charge in [0, 0.05) is 16.1 Å². The van der Waals surface area contributed by atoms with E-state index in [-0.39, 0.29) is 4.90 Å². The van der Waals surface area contributed by atoms with Gasteiger partial charge in [-0.2, -0.15) is 13.5 Å². The maximum Gasteiger partial charge on any atom is 0.276 e. The molecule has 0 heterocycles. The summed E-state index contributed by atoms with van der Waals surface area (Å²) in [4.78, 5) is 2.37. The van der Waals surface area contributed by atoms with E-state index in [0.717, 1.165) is 11.1 Å². The number of hydrogen-bond acceptors (Lipinski definition) is 4. The van der Waals surface area contributed by atoms with E-state index in [1.807, 2.05) is 37.3 Å². The van der Waals surface area contributed by atoms with Crippen molar-refractivity contribution in [2.24, 2.45) is 5.10 Å². The van der Waals surface area contributed by atoms with Gasteiger partial charge >= 0.3 is 0 Å². The standard InChI is InChI=1S/C21H19ClN2O3S/c1-16-10-12-19(13-11-16)28(25,26)24-23-14-17-6-3-5-9-21(17)27-15-18-7-2-4-8-20(18)22/h2-14,24H,15H2,1H3/b23-14-. The highest BCUT2D eigenvalue weighted by Crippen LogP contribution is 2.21. The first kappa shape index (κ1) is 19.9. The molecule has 0 aliphatic rings. The molecule has 28 heavy (non-hydrogen) atoms. The van der Waals surface area contributed by atoms with E-state index in [0.29, 0.717) is 22.9 Å². The minimum atomic E-state index is -3.73. The Hall–Kier alpha value is -2.83. The SMILES string of the molecule is Cc1ccc(S(=O)(=O)N/N=C\c2ccccc2OCc2ccccc2Cl)cc1. The fraction of sp³-hybridized carbons (Fsp3) is 0.0952. The summed E-state index contributed by atoms with van der Waals surface area (Å²) >= 11 is 6.15. The first-order valence-corrected chi connectivity index (χ1v) is 10.4. The van der Waals surface area contributed by atoms with E-state index >= 15 is 0 Å². The van der Waals surface area contributed by atoms with E-state index in [2.05, 4.69) is 9.93 Å². The van der Waals surface area contributed by atoms with Gasteiger partial charge in [-0.25, -0.2) is 4.83 Å². The van der Waals surface area contributed by atoms with Crippen LogP contribution in [0.5, 0.6) is 5.75 Å². The fourth-order valence-corrected chi connectivity index (χ4v) is 3.41. The van der Waals surface area contributed by atoms with Crippen molar-refractivity contribution < 1.29 is 13.2 Å². The number of hydrazone groups is 1. The van der Waals surface area contributed by atoms with E-state index in [9.17, 15) is 8.42 Å². The summed E-state index contributed by atoms with van der Waals surface area (Å²) < 4.78 is 30.4. The van der Waals surface area contributed by atoms with E-state index in [4.69, 9.17) is 16.3 Å². The van der Waals surface area contributed by atoms with Crippen LogP contribution < -0.4 is 9.57 Å². The summed E-state index contributed by atoms with van der Waals surface area (Å²) in [6.45, 7) is 2.18. The average molecular weight is 415 g/mol. The topological polar surface area (TPSA) is 67.8 Å². The molecule has 0 amide bonds. The number of aryl methyl sites for hydroxylation is 1. The molecule has 0 bridgehead atoms. The third kappa shape index (κ3) is 5.12. The van der Waals surface area contributed by atoms with E-state index in [1.165, 1.54) is 18.3 Å².